The summed E-state index contributed by atoms with van der Waals surface area (Å²) in [6, 6.07) is 13.5. The summed E-state index contributed by atoms with van der Waals surface area (Å²) in [6.45, 7) is 1.67. The minimum Gasteiger partial charge on any atom is -0.353 e. The molecule has 3 aromatic rings. The predicted octanol–water partition coefficient (Wildman–Crippen LogP) is 3.45. The van der Waals surface area contributed by atoms with Gasteiger partial charge in [0.15, 0.2) is 5.82 Å². The van der Waals surface area contributed by atoms with E-state index in [4.69, 9.17) is 11.6 Å². The number of H-pyrrole nitrogens is 1. The average Bonchev–Trinajstić information content (AvgIpc) is 3.21. The van der Waals surface area contributed by atoms with Crippen LogP contribution in [0.4, 0.5) is 5.82 Å². The van der Waals surface area contributed by atoms with Gasteiger partial charge in [0, 0.05) is 48.2 Å². The molecule has 1 aromatic carbocycles. The summed E-state index contributed by atoms with van der Waals surface area (Å²) in [5.74, 6) is 0.899. The van der Waals surface area contributed by atoms with Gasteiger partial charge in [-0.05, 0) is 36.6 Å². The number of aromatic amines is 1. The number of aromatic nitrogens is 3. The van der Waals surface area contributed by atoms with Crippen LogP contribution < -0.4 is 10.2 Å². The van der Waals surface area contributed by atoms with Gasteiger partial charge < -0.3 is 10.2 Å². The minimum absolute atomic E-state index is 0.000507. The fourth-order valence-electron chi connectivity index (χ4n) is 3.55. The van der Waals surface area contributed by atoms with E-state index in [1.54, 1.807) is 12.4 Å². The molecule has 6 nitrogen and oxygen atoms in total. The van der Waals surface area contributed by atoms with Crippen molar-refractivity contribution in [2.24, 2.45) is 0 Å². The second-order valence-electron chi connectivity index (χ2n) is 7.00. The molecule has 0 bridgehead atoms. The first-order valence-electron chi connectivity index (χ1n) is 9.42. The van der Waals surface area contributed by atoms with Crippen molar-refractivity contribution >= 4 is 23.3 Å². The Hall–Kier alpha value is -2.86. The molecule has 0 saturated carbocycles. The van der Waals surface area contributed by atoms with Crippen LogP contribution >= 0.6 is 11.6 Å². The van der Waals surface area contributed by atoms with Gasteiger partial charge >= 0.3 is 0 Å². The van der Waals surface area contributed by atoms with Gasteiger partial charge in [-0.3, -0.25) is 14.9 Å². The number of hydrogen-bond donors (Lipinski definition) is 2. The average molecular weight is 396 g/mol. The molecule has 0 radical (unpaired) electrons. The summed E-state index contributed by atoms with van der Waals surface area (Å²) in [5, 5.41) is 11.3. The van der Waals surface area contributed by atoms with Gasteiger partial charge in [-0.15, -0.1) is 0 Å². The first kappa shape index (κ1) is 18.5. The van der Waals surface area contributed by atoms with Gasteiger partial charge in [-0.25, -0.2) is 0 Å². The van der Waals surface area contributed by atoms with Gasteiger partial charge in [-0.1, -0.05) is 29.8 Å². The first-order chi connectivity index (χ1) is 13.7. The maximum absolute atomic E-state index is 12.4. The van der Waals surface area contributed by atoms with Crippen LogP contribution in [0.3, 0.4) is 0 Å². The number of piperidine rings is 1. The summed E-state index contributed by atoms with van der Waals surface area (Å²) in [7, 11) is 0. The van der Waals surface area contributed by atoms with Crippen molar-refractivity contribution in [3.63, 3.8) is 0 Å². The monoisotopic (exact) mass is 395 g/mol. The molecule has 1 aliphatic rings. The highest BCUT2D eigenvalue weighted by Crippen LogP contribution is 2.24. The standard InChI is InChI=1S/C21H22ClN5O/c22-18-6-2-1-4-16(18)12-21(28)24-17-5-3-11-27(14-17)20-13-19(25-26-20)15-7-9-23-10-8-15/h1-2,4,6-10,13,17H,3,5,11-12,14H2,(H,24,28)(H,25,26). The minimum atomic E-state index is -0.000507. The van der Waals surface area contributed by atoms with Crippen LogP contribution in [0.5, 0.6) is 0 Å². The molecule has 2 N–H and O–H groups in total. The molecular formula is C21H22ClN5O. The van der Waals surface area contributed by atoms with Crippen LogP contribution in [0.15, 0.2) is 54.9 Å². The summed E-state index contributed by atoms with van der Waals surface area (Å²) in [4.78, 5) is 18.7. The zero-order valence-corrected chi connectivity index (χ0v) is 16.2. The Morgan fingerprint density at radius 3 is 2.89 bits per heavy atom. The third kappa shape index (κ3) is 4.34. The Kier molecular flexibility index (Phi) is 5.58. The van der Waals surface area contributed by atoms with E-state index in [-0.39, 0.29) is 11.9 Å². The highest BCUT2D eigenvalue weighted by atomic mass is 35.5. The van der Waals surface area contributed by atoms with Gasteiger partial charge in [0.2, 0.25) is 5.91 Å². The Balaban J connectivity index is 1.37. The van der Waals surface area contributed by atoms with Crippen molar-refractivity contribution in [2.75, 3.05) is 18.0 Å². The van der Waals surface area contributed by atoms with Gasteiger partial charge in [0.1, 0.15) is 0 Å². The number of nitrogens with one attached hydrogen (secondary N) is 2. The molecule has 2 aromatic heterocycles. The molecule has 0 spiro atoms. The smallest absolute Gasteiger partial charge is 0.224 e. The topological polar surface area (TPSA) is 73.9 Å². The van der Waals surface area contributed by atoms with Gasteiger partial charge in [0.05, 0.1) is 12.1 Å². The Bertz CT molecular complexity index is 943. The molecule has 1 atom stereocenters. The van der Waals surface area contributed by atoms with E-state index in [0.29, 0.717) is 11.4 Å². The lowest BCUT2D eigenvalue weighted by Gasteiger charge is -2.33. The Morgan fingerprint density at radius 1 is 1.25 bits per heavy atom. The van der Waals surface area contributed by atoms with Crippen LogP contribution in [-0.4, -0.2) is 40.2 Å². The van der Waals surface area contributed by atoms with Crippen LogP contribution in [-0.2, 0) is 11.2 Å². The van der Waals surface area contributed by atoms with E-state index in [1.807, 2.05) is 42.5 Å². The lowest BCUT2D eigenvalue weighted by Crippen LogP contribution is -2.48. The van der Waals surface area contributed by atoms with Crippen LogP contribution in [0.25, 0.3) is 11.3 Å². The van der Waals surface area contributed by atoms with Crippen molar-refractivity contribution in [1.29, 1.82) is 0 Å². The normalized spacial score (nSPS) is 16.8. The second-order valence-corrected chi connectivity index (χ2v) is 7.40. The van der Waals surface area contributed by atoms with E-state index >= 15 is 0 Å². The molecule has 7 heteroatoms. The summed E-state index contributed by atoms with van der Waals surface area (Å²) < 4.78 is 0. The van der Waals surface area contributed by atoms with Crippen molar-refractivity contribution in [3.05, 3.63) is 65.4 Å². The fraction of sp³-hybridized carbons (Fsp3) is 0.286. The molecule has 1 amide bonds. The summed E-state index contributed by atoms with van der Waals surface area (Å²) >= 11 is 6.16. The largest absolute Gasteiger partial charge is 0.353 e. The molecule has 3 heterocycles. The maximum Gasteiger partial charge on any atom is 0.224 e. The number of carbonyl (C=O) groups is 1. The molecule has 4 rings (SSSR count). The zero-order valence-electron chi connectivity index (χ0n) is 15.4. The highest BCUT2D eigenvalue weighted by Gasteiger charge is 2.23. The molecule has 0 aliphatic carbocycles. The predicted molar refractivity (Wildman–Crippen MR) is 110 cm³/mol. The Labute approximate surface area is 168 Å². The third-order valence-electron chi connectivity index (χ3n) is 4.98. The molecule has 1 fully saturated rings. The van der Waals surface area contributed by atoms with Gasteiger partial charge in [-0.2, -0.15) is 5.10 Å². The number of nitrogens with zero attached hydrogens (tertiary/aromatic N) is 3. The van der Waals surface area contributed by atoms with E-state index < -0.39 is 0 Å². The molecule has 28 heavy (non-hydrogen) atoms. The molecule has 1 saturated heterocycles. The molecule has 1 unspecified atom stereocenters. The first-order valence-corrected chi connectivity index (χ1v) is 9.80. The number of anilines is 1. The number of benzene rings is 1. The van der Waals surface area contributed by atoms with E-state index in [2.05, 4.69) is 25.4 Å². The Morgan fingerprint density at radius 2 is 2.07 bits per heavy atom. The van der Waals surface area contributed by atoms with Crippen molar-refractivity contribution in [3.8, 4) is 11.3 Å². The fourth-order valence-corrected chi connectivity index (χ4v) is 3.75. The molecule has 1 aliphatic heterocycles. The number of carbonyl (C=O) groups excluding carboxylic acids is 1. The maximum atomic E-state index is 12.4. The summed E-state index contributed by atoms with van der Waals surface area (Å²) in [5.41, 5.74) is 2.86. The lowest BCUT2D eigenvalue weighted by molar-refractivity contribution is -0.121. The third-order valence-corrected chi connectivity index (χ3v) is 5.34. The highest BCUT2D eigenvalue weighted by molar-refractivity contribution is 6.31. The van der Waals surface area contributed by atoms with E-state index in [1.165, 1.54) is 0 Å². The van der Waals surface area contributed by atoms with Crippen LogP contribution in [0.2, 0.25) is 5.02 Å². The number of hydrogen-bond acceptors (Lipinski definition) is 4. The van der Waals surface area contributed by atoms with Crippen LogP contribution in [0.1, 0.15) is 18.4 Å². The number of amides is 1. The SMILES string of the molecule is O=C(Cc1ccccc1Cl)NC1CCCN(c2cc(-c3ccncc3)[nH]n2)C1. The number of rotatable bonds is 5. The van der Waals surface area contributed by atoms with Crippen molar-refractivity contribution < 1.29 is 4.79 Å². The van der Waals surface area contributed by atoms with Crippen molar-refractivity contribution in [1.82, 2.24) is 20.5 Å². The summed E-state index contributed by atoms with van der Waals surface area (Å²) in [6.07, 6.45) is 5.80. The molecular weight excluding hydrogens is 374 g/mol. The van der Waals surface area contributed by atoms with Crippen molar-refractivity contribution in [2.45, 2.75) is 25.3 Å². The van der Waals surface area contributed by atoms with E-state index in [9.17, 15) is 4.79 Å². The number of pyridine rings is 1. The zero-order chi connectivity index (χ0) is 19.3. The quantitative estimate of drug-likeness (QED) is 0.693. The number of halogens is 1. The lowest BCUT2D eigenvalue weighted by atomic mass is 10.0. The molecule has 144 valence electrons. The van der Waals surface area contributed by atoms with Crippen LogP contribution in [0, 0.1) is 0 Å². The van der Waals surface area contributed by atoms with Gasteiger partial charge in [0.25, 0.3) is 0 Å². The second kappa shape index (κ2) is 8.44. The van der Waals surface area contributed by atoms with E-state index in [0.717, 1.165) is 48.6 Å².